The third kappa shape index (κ3) is 21.4. The first-order chi connectivity index (χ1) is 27.7. The summed E-state index contributed by atoms with van der Waals surface area (Å²) in [5, 5.41) is 23.7. The van der Waals surface area contributed by atoms with Crippen LogP contribution in [0.25, 0.3) is 6.08 Å². The van der Waals surface area contributed by atoms with Crippen molar-refractivity contribution < 1.29 is 52.8 Å². The average molecular weight is 1000 g/mol. The van der Waals surface area contributed by atoms with Gasteiger partial charge in [0.15, 0.2) is 8.32 Å². The lowest BCUT2D eigenvalue weighted by molar-refractivity contribution is -0.147. The van der Waals surface area contributed by atoms with E-state index in [4.69, 9.17) is 93.0 Å². The van der Waals surface area contributed by atoms with Crippen molar-refractivity contribution in [2.24, 2.45) is 17.3 Å². The van der Waals surface area contributed by atoms with Crippen molar-refractivity contribution >= 4 is 119 Å². The van der Waals surface area contributed by atoms with Crippen molar-refractivity contribution in [3.05, 3.63) is 33.3 Å². The summed E-state index contributed by atoms with van der Waals surface area (Å²) >= 11 is 35.9. The van der Waals surface area contributed by atoms with Gasteiger partial charge in [-0.2, -0.15) is 0 Å². The lowest BCUT2D eigenvalue weighted by Crippen LogP contribution is -2.51. The van der Waals surface area contributed by atoms with Crippen LogP contribution in [0.1, 0.15) is 105 Å². The number of carbonyl (C=O) groups excluding carboxylic acids is 3. The molecule has 0 aliphatic heterocycles. The second-order valence-electron chi connectivity index (χ2n) is 15.5. The first-order valence-electron chi connectivity index (χ1n) is 19.9. The molecule has 20 heteroatoms. The van der Waals surface area contributed by atoms with Gasteiger partial charge in [0.25, 0.3) is 0 Å². The number of carboxylic acid groups (broad SMARTS) is 1. The highest BCUT2D eigenvalue weighted by molar-refractivity contribution is 7.09. The quantitative estimate of drug-likeness (QED) is 0.0391. The van der Waals surface area contributed by atoms with E-state index >= 15 is 0 Å². The molecule has 1 rings (SSSR count). The Hall–Kier alpha value is -1.33. The number of carbonyl (C=O) groups is 4. The molecule has 0 saturated heterocycles. The number of nitrogens with zero attached hydrogens (tertiary/aromatic N) is 1. The van der Waals surface area contributed by atoms with Gasteiger partial charge in [0.2, 0.25) is 7.59 Å². The minimum atomic E-state index is -2.37. The Morgan fingerprint density at radius 1 is 0.917 bits per heavy atom. The molecule has 5 atom stereocenters. The van der Waals surface area contributed by atoms with E-state index in [1.54, 1.807) is 20.8 Å². The number of thiazole rings is 1. The second kappa shape index (κ2) is 26.5. The van der Waals surface area contributed by atoms with Crippen LogP contribution in [0.4, 0.5) is 9.59 Å². The number of aryl methyl sites for hydroxylation is 1. The van der Waals surface area contributed by atoms with Gasteiger partial charge in [-0.15, -0.1) is 11.3 Å². The number of aliphatic hydroxyl groups excluding tert-OH is 1. The average Bonchev–Trinajstić information content (AvgIpc) is 3.57. The molecular formula is C40H61Cl6NO11SSi. The predicted octanol–water partition coefficient (Wildman–Crippen LogP) is 12.2. The maximum atomic E-state index is 14.5. The number of rotatable bonds is 26. The summed E-state index contributed by atoms with van der Waals surface area (Å²) in [5.41, 5.74) is 1.02. The molecular weight excluding hydrogens is 943 g/mol. The van der Waals surface area contributed by atoms with Crippen LogP contribution in [0.2, 0.25) is 18.1 Å². The number of Topliss-reactive ketones (excluding diaryl/α,β-unsaturated/α-hetero) is 1. The molecule has 0 fully saturated rings. The van der Waals surface area contributed by atoms with Crippen LogP contribution in [0.5, 0.6) is 0 Å². The standard InChI is InChI=1S/C40H61Cl6NO11SSi/c1-10-60(11-2,12-3)58-32(21-33(49)50)38(8,9)35(51)27(6)34(57-37(53)56-24-40(44,45)46)25(4)14-13-15-29(18-19-54-36(52)55-23-39(41,42)43)16-17-31(48)26(5)20-30-22-59-28(7)47-30/h16,20,22,25,27,31-32,34,48H,10-15,17-19,21,23-24H2,1-9H3,(H,49,50)/b26-20+,29-16+/t25-,27+,31-,32-,34-/m0/s1. The van der Waals surface area contributed by atoms with E-state index in [-0.39, 0.29) is 31.7 Å². The summed E-state index contributed by atoms with van der Waals surface area (Å²) in [4.78, 5) is 56.2. The van der Waals surface area contributed by atoms with E-state index in [0.717, 1.165) is 34.4 Å². The molecule has 0 amide bonds. The van der Waals surface area contributed by atoms with E-state index in [9.17, 15) is 29.4 Å². The summed E-state index contributed by atoms with van der Waals surface area (Å²) in [5.74, 6) is -2.83. The van der Waals surface area contributed by atoms with Gasteiger partial charge in [0.05, 0.1) is 41.9 Å². The minimum absolute atomic E-state index is 0.0672. The minimum Gasteiger partial charge on any atom is -0.481 e. The Labute approximate surface area is 390 Å². The summed E-state index contributed by atoms with van der Waals surface area (Å²) < 4.78 is 23.9. The van der Waals surface area contributed by atoms with E-state index < -0.39 is 83.0 Å². The van der Waals surface area contributed by atoms with Crippen molar-refractivity contribution in [3.8, 4) is 0 Å². The summed E-state index contributed by atoms with van der Waals surface area (Å²) in [7, 11) is -2.37. The number of halogens is 6. The van der Waals surface area contributed by atoms with E-state index in [0.29, 0.717) is 24.8 Å². The molecule has 0 unspecified atom stereocenters. The Morgan fingerprint density at radius 3 is 1.98 bits per heavy atom. The highest BCUT2D eigenvalue weighted by atomic mass is 35.6. The summed E-state index contributed by atoms with van der Waals surface area (Å²) in [6, 6.07) is 2.25. The number of alkyl halides is 6. The zero-order valence-electron chi connectivity index (χ0n) is 35.8. The Kier molecular flexibility index (Phi) is 25.0. The number of hydrogen-bond acceptors (Lipinski definition) is 12. The molecule has 1 aromatic heterocycles. The summed E-state index contributed by atoms with van der Waals surface area (Å²) in [6.07, 6.45) is 0.322. The van der Waals surface area contributed by atoms with Gasteiger partial charge in [0, 0.05) is 17.2 Å². The molecule has 344 valence electrons. The van der Waals surface area contributed by atoms with Gasteiger partial charge in [-0.1, -0.05) is 130 Å². The van der Waals surface area contributed by atoms with Crippen molar-refractivity contribution in [1.82, 2.24) is 4.98 Å². The van der Waals surface area contributed by atoms with E-state index in [2.05, 4.69) is 4.98 Å². The molecule has 60 heavy (non-hydrogen) atoms. The first kappa shape index (κ1) is 56.7. The summed E-state index contributed by atoms with van der Waals surface area (Å²) in [6.45, 7) is 15.4. The molecule has 0 bridgehead atoms. The molecule has 0 spiro atoms. The van der Waals surface area contributed by atoms with Crippen LogP contribution in [-0.2, 0) is 33.0 Å². The fraction of sp³-hybridized carbons (Fsp3) is 0.725. The van der Waals surface area contributed by atoms with Gasteiger partial charge in [-0.25, -0.2) is 14.6 Å². The monoisotopic (exact) mass is 1000 g/mol. The SMILES string of the molecule is CC[Si](CC)(CC)O[C@@H](CC(=O)O)C(C)(C)C(=O)[C@H](C)[C@@H](OC(=O)OCC(Cl)(Cl)Cl)[C@@H](C)CCC/C(=C\C[C@H](O)/C(C)=C/c1csc(C)n1)CCOC(=O)OCC(Cl)(Cl)Cl. The number of hydrogen-bond donors (Lipinski definition) is 2. The molecule has 0 saturated carbocycles. The Balaban J connectivity index is 3.38. The van der Waals surface area contributed by atoms with Crippen LogP contribution in [0.15, 0.2) is 22.6 Å². The Morgan fingerprint density at radius 2 is 1.48 bits per heavy atom. The molecule has 0 aromatic carbocycles. The maximum absolute atomic E-state index is 14.5. The van der Waals surface area contributed by atoms with E-state index in [1.807, 2.05) is 59.1 Å². The van der Waals surface area contributed by atoms with Crippen LogP contribution >= 0.6 is 80.9 Å². The number of ketones is 1. The van der Waals surface area contributed by atoms with Gasteiger partial charge in [-0.3, -0.25) is 9.59 Å². The molecule has 1 aromatic rings. The molecule has 12 nitrogen and oxygen atoms in total. The number of ether oxygens (including phenoxy) is 4. The zero-order valence-corrected chi connectivity index (χ0v) is 42.1. The number of aliphatic carboxylic acids is 1. The first-order valence-corrected chi connectivity index (χ1v) is 25.5. The van der Waals surface area contributed by atoms with Crippen molar-refractivity contribution in [2.45, 2.75) is 145 Å². The van der Waals surface area contributed by atoms with Crippen LogP contribution < -0.4 is 0 Å². The predicted molar refractivity (Wildman–Crippen MR) is 243 cm³/mol. The number of carboxylic acids is 1. The van der Waals surface area contributed by atoms with Gasteiger partial charge in [-0.05, 0) is 75.2 Å². The normalized spacial score (nSPS) is 15.7. The highest BCUT2D eigenvalue weighted by Crippen LogP contribution is 2.38. The molecule has 0 aliphatic rings. The van der Waals surface area contributed by atoms with Gasteiger partial charge >= 0.3 is 18.3 Å². The smallest absolute Gasteiger partial charge is 0.481 e. The Bertz CT molecular complexity index is 1590. The van der Waals surface area contributed by atoms with Crippen LogP contribution in [0, 0.1) is 24.2 Å². The van der Waals surface area contributed by atoms with Crippen molar-refractivity contribution in [1.29, 1.82) is 0 Å². The number of aromatic nitrogens is 1. The molecule has 2 N–H and O–H groups in total. The van der Waals surface area contributed by atoms with Gasteiger partial charge in [0.1, 0.15) is 25.1 Å². The topological polar surface area (TPSA) is 168 Å². The third-order valence-electron chi connectivity index (χ3n) is 10.5. The van der Waals surface area contributed by atoms with Crippen LogP contribution in [0.3, 0.4) is 0 Å². The molecule has 1 heterocycles. The largest absolute Gasteiger partial charge is 0.508 e. The lowest BCUT2D eigenvalue weighted by atomic mass is 9.73. The molecule has 0 radical (unpaired) electrons. The zero-order chi connectivity index (χ0) is 46.1. The van der Waals surface area contributed by atoms with Crippen molar-refractivity contribution in [2.75, 3.05) is 19.8 Å². The van der Waals surface area contributed by atoms with E-state index in [1.165, 1.54) is 11.3 Å². The van der Waals surface area contributed by atoms with Gasteiger partial charge < -0.3 is 33.6 Å². The maximum Gasteiger partial charge on any atom is 0.508 e. The van der Waals surface area contributed by atoms with Crippen molar-refractivity contribution in [3.63, 3.8) is 0 Å². The second-order valence-corrected chi connectivity index (χ2v) is 26.3. The third-order valence-corrected chi connectivity index (χ3v) is 16.6. The highest BCUT2D eigenvalue weighted by Gasteiger charge is 2.47. The van der Waals surface area contributed by atoms with Crippen LogP contribution in [-0.4, -0.2) is 93.3 Å². The fourth-order valence-electron chi connectivity index (χ4n) is 6.63. The number of aliphatic hydroxyl groups is 1. The molecule has 0 aliphatic carbocycles. The fourth-order valence-corrected chi connectivity index (χ4v) is 10.5. The lowest BCUT2D eigenvalue weighted by Gasteiger charge is -2.42.